The number of nitrogens with zero attached hydrogens (tertiary/aromatic N) is 1. The van der Waals surface area contributed by atoms with E-state index in [-0.39, 0.29) is 17.9 Å². The van der Waals surface area contributed by atoms with Crippen LogP contribution in [0.2, 0.25) is 5.02 Å². The zero-order chi connectivity index (χ0) is 19.5. The molecule has 3 aromatic rings. The molecule has 0 aliphatic carbocycles. The molecule has 0 N–H and O–H groups in total. The van der Waals surface area contributed by atoms with Gasteiger partial charge in [0.2, 0.25) is 0 Å². The number of carbonyl (C=O) groups is 1. The van der Waals surface area contributed by atoms with Gasteiger partial charge in [-0.1, -0.05) is 11.6 Å². The molecule has 0 saturated carbocycles. The molecule has 0 bridgehead atoms. The van der Waals surface area contributed by atoms with Gasteiger partial charge in [-0.15, -0.1) is 0 Å². The third-order valence-electron chi connectivity index (χ3n) is 4.55. The molecule has 1 aromatic heterocycles. The number of hydrogen-bond acceptors (Lipinski definition) is 5. The fourth-order valence-corrected chi connectivity index (χ4v) is 3.16. The minimum Gasteiger partial charge on any atom is -0.484 e. The van der Waals surface area contributed by atoms with Crippen molar-refractivity contribution < 1.29 is 18.7 Å². The zero-order valence-electron chi connectivity index (χ0n) is 15.0. The molecule has 1 saturated heterocycles. The summed E-state index contributed by atoms with van der Waals surface area (Å²) in [6, 6.07) is 13.5. The lowest BCUT2D eigenvalue weighted by atomic mass is 10.1. The molecular weight excluding hydrogens is 382 g/mol. The van der Waals surface area contributed by atoms with E-state index in [0.29, 0.717) is 53.8 Å². The Kier molecular flexibility index (Phi) is 5.32. The first-order valence-electron chi connectivity index (χ1n) is 8.92. The minimum absolute atomic E-state index is 0.0836. The van der Waals surface area contributed by atoms with E-state index in [4.69, 9.17) is 25.5 Å². The van der Waals surface area contributed by atoms with E-state index in [1.165, 1.54) is 6.07 Å². The van der Waals surface area contributed by atoms with Gasteiger partial charge in [0, 0.05) is 29.7 Å². The number of halogens is 1. The molecule has 0 spiro atoms. The molecule has 4 rings (SSSR count). The van der Waals surface area contributed by atoms with Gasteiger partial charge in [0.15, 0.2) is 12.0 Å². The fourth-order valence-electron chi connectivity index (χ4n) is 3.03. The number of carbonyl (C=O) groups excluding carboxylic acids is 1. The van der Waals surface area contributed by atoms with Crippen LogP contribution < -0.4 is 10.2 Å². The second-order valence-electron chi connectivity index (χ2n) is 6.42. The second kappa shape index (κ2) is 8.04. The fraction of sp³-hybridized carbons (Fsp3) is 0.238. The van der Waals surface area contributed by atoms with Gasteiger partial charge in [-0.25, -0.2) is 0 Å². The summed E-state index contributed by atoms with van der Waals surface area (Å²) in [5.74, 6) is 0.805. The van der Waals surface area contributed by atoms with E-state index in [2.05, 4.69) is 0 Å². The van der Waals surface area contributed by atoms with Crippen LogP contribution >= 0.6 is 11.6 Å². The maximum Gasteiger partial charge on any atom is 0.260 e. The third kappa shape index (κ3) is 4.03. The van der Waals surface area contributed by atoms with Crippen molar-refractivity contribution in [2.24, 2.45) is 0 Å². The Morgan fingerprint density at radius 1 is 1.07 bits per heavy atom. The number of ether oxygens (including phenoxy) is 2. The van der Waals surface area contributed by atoms with E-state index in [0.717, 1.165) is 5.56 Å². The molecule has 6 nitrogen and oxygen atoms in total. The molecule has 0 atom stereocenters. The van der Waals surface area contributed by atoms with Crippen LogP contribution in [0.25, 0.3) is 22.3 Å². The summed E-state index contributed by atoms with van der Waals surface area (Å²) >= 11 is 5.90. The van der Waals surface area contributed by atoms with E-state index in [1.807, 2.05) is 0 Å². The van der Waals surface area contributed by atoms with Crippen molar-refractivity contribution in [3.05, 3.63) is 63.8 Å². The molecule has 7 heteroatoms. The quantitative estimate of drug-likeness (QED) is 0.673. The molecule has 1 aliphatic heterocycles. The second-order valence-corrected chi connectivity index (χ2v) is 6.86. The highest BCUT2D eigenvalue weighted by atomic mass is 35.5. The minimum atomic E-state index is -0.184. The number of rotatable bonds is 4. The monoisotopic (exact) mass is 399 g/mol. The largest absolute Gasteiger partial charge is 0.484 e. The van der Waals surface area contributed by atoms with Gasteiger partial charge in [0.05, 0.1) is 18.6 Å². The maximum atomic E-state index is 12.5. The first-order chi connectivity index (χ1) is 13.6. The highest BCUT2D eigenvalue weighted by Gasteiger charge is 2.17. The maximum absolute atomic E-state index is 12.5. The van der Waals surface area contributed by atoms with Gasteiger partial charge >= 0.3 is 0 Å². The summed E-state index contributed by atoms with van der Waals surface area (Å²) in [5, 5.41) is 1.01. The first-order valence-corrected chi connectivity index (χ1v) is 9.30. The van der Waals surface area contributed by atoms with Gasteiger partial charge in [-0.05, 0) is 42.5 Å². The summed E-state index contributed by atoms with van der Waals surface area (Å²) in [5.41, 5.74) is 1.03. The van der Waals surface area contributed by atoms with Crippen LogP contribution in [0.4, 0.5) is 0 Å². The molecule has 144 valence electrons. The van der Waals surface area contributed by atoms with Crippen LogP contribution in [0.3, 0.4) is 0 Å². The molecule has 28 heavy (non-hydrogen) atoms. The summed E-state index contributed by atoms with van der Waals surface area (Å²) in [6.07, 6.45) is 0. The van der Waals surface area contributed by atoms with Crippen LogP contribution in [-0.2, 0) is 9.53 Å². The molecule has 0 radical (unpaired) electrons. The summed E-state index contributed by atoms with van der Waals surface area (Å²) in [4.78, 5) is 26.4. The Hall–Kier alpha value is -2.83. The van der Waals surface area contributed by atoms with Crippen molar-refractivity contribution >= 4 is 28.5 Å². The van der Waals surface area contributed by atoms with Crippen molar-refractivity contribution in [3.8, 4) is 17.1 Å². The number of benzene rings is 2. The lowest BCUT2D eigenvalue weighted by Crippen LogP contribution is -2.42. The first kappa shape index (κ1) is 18.5. The molecule has 1 aliphatic rings. The van der Waals surface area contributed by atoms with Crippen molar-refractivity contribution in [1.82, 2.24) is 4.90 Å². The zero-order valence-corrected chi connectivity index (χ0v) is 15.8. The van der Waals surface area contributed by atoms with Crippen LogP contribution in [0.1, 0.15) is 0 Å². The van der Waals surface area contributed by atoms with Crippen LogP contribution in [0, 0.1) is 0 Å². The standard InChI is InChI=1S/C21H18ClNO5/c22-15-3-1-14(2-4-15)20-12-18(24)17-11-16(5-6-19(17)28-20)27-13-21(25)23-7-9-26-10-8-23/h1-6,11-12H,7-10,13H2. The van der Waals surface area contributed by atoms with Gasteiger partial charge in [0.1, 0.15) is 17.1 Å². The normalized spacial score (nSPS) is 14.2. The Labute approximate surface area is 166 Å². The van der Waals surface area contributed by atoms with Gasteiger partial charge in [-0.2, -0.15) is 0 Å². The number of amides is 1. The molecule has 2 aromatic carbocycles. The van der Waals surface area contributed by atoms with Crippen LogP contribution in [-0.4, -0.2) is 43.7 Å². The topological polar surface area (TPSA) is 69.0 Å². The Morgan fingerprint density at radius 3 is 2.57 bits per heavy atom. The lowest BCUT2D eigenvalue weighted by Gasteiger charge is -2.26. The Morgan fingerprint density at radius 2 is 1.82 bits per heavy atom. The predicted molar refractivity (Wildman–Crippen MR) is 106 cm³/mol. The number of fused-ring (bicyclic) bond motifs is 1. The third-order valence-corrected chi connectivity index (χ3v) is 4.81. The highest BCUT2D eigenvalue weighted by molar-refractivity contribution is 6.30. The van der Waals surface area contributed by atoms with E-state index < -0.39 is 0 Å². The average molecular weight is 400 g/mol. The SMILES string of the molecule is O=C(COc1ccc2oc(-c3ccc(Cl)cc3)cc(=O)c2c1)N1CCOCC1. The average Bonchev–Trinajstić information content (AvgIpc) is 2.73. The molecule has 1 amide bonds. The van der Waals surface area contributed by atoms with Gasteiger partial charge in [-0.3, -0.25) is 9.59 Å². The highest BCUT2D eigenvalue weighted by Crippen LogP contribution is 2.25. The van der Waals surface area contributed by atoms with Crippen molar-refractivity contribution in [2.75, 3.05) is 32.9 Å². The number of hydrogen-bond donors (Lipinski definition) is 0. The van der Waals surface area contributed by atoms with E-state index in [1.54, 1.807) is 47.4 Å². The van der Waals surface area contributed by atoms with E-state index in [9.17, 15) is 9.59 Å². The lowest BCUT2D eigenvalue weighted by molar-refractivity contribution is -0.137. The van der Waals surface area contributed by atoms with Crippen molar-refractivity contribution in [2.45, 2.75) is 0 Å². The van der Waals surface area contributed by atoms with Crippen LogP contribution in [0.15, 0.2) is 57.7 Å². The predicted octanol–water partition coefficient (Wildman–Crippen LogP) is 3.35. The van der Waals surface area contributed by atoms with Crippen molar-refractivity contribution in [3.63, 3.8) is 0 Å². The van der Waals surface area contributed by atoms with E-state index >= 15 is 0 Å². The molecule has 1 fully saturated rings. The molecule has 2 heterocycles. The van der Waals surface area contributed by atoms with Gasteiger partial charge in [0.25, 0.3) is 5.91 Å². The van der Waals surface area contributed by atoms with Crippen molar-refractivity contribution in [1.29, 1.82) is 0 Å². The summed E-state index contributed by atoms with van der Waals surface area (Å²) < 4.78 is 16.7. The Bertz CT molecular complexity index is 1050. The summed E-state index contributed by atoms with van der Waals surface area (Å²) in [6.45, 7) is 2.13. The molecular formula is C21H18ClNO5. The molecule has 0 unspecified atom stereocenters. The Balaban J connectivity index is 1.53. The smallest absolute Gasteiger partial charge is 0.260 e. The van der Waals surface area contributed by atoms with Gasteiger partial charge < -0.3 is 18.8 Å². The summed E-state index contributed by atoms with van der Waals surface area (Å²) in [7, 11) is 0. The number of morpholine rings is 1. The van der Waals surface area contributed by atoms with Crippen LogP contribution in [0.5, 0.6) is 5.75 Å².